The first-order valence-electron chi connectivity index (χ1n) is 8.46. The molecule has 0 saturated heterocycles. The zero-order valence-electron chi connectivity index (χ0n) is 14.2. The Morgan fingerprint density at radius 2 is 1.91 bits per heavy atom. The fraction of sp³-hybridized carbons (Fsp3) is 0.526. The van der Waals surface area contributed by atoms with Crippen molar-refractivity contribution in [1.29, 1.82) is 0 Å². The van der Waals surface area contributed by atoms with Gasteiger partial charge in [-0.25, -0.2) is 4.39 Å². The molecule has 3 rings (SSSR count). The van der Waals surface area contributed by atoms with E-state index in [4.69, 9.17) is 0 Å². The Morgan fingerprint density at radius 1 is 1.22 bits per heavy atom. The van der Waals surface area contributed by atoms with Crippen molar-refractivity contribution in [3.63, 3.8) is 0 Å². The molecule has 1 unspecified atom stereocenters. The second-order valence-corrected chi connectivity index (χ2v) is 7.38. The van der Waals surface area contributed by atoms with Gasteiger partial charge in [0, 0.05) is 19.8 Å². The van der Waals surface area contributed by atoms with Crippen molar-refractivity contribution in [1.82, 2.24) is 15.1 Å². The Hall–Kier alpha value is -1.68. The van der Waals surface area contributed by atoms with E-state index in [1.807, 2.05) is 36.1 Å². The van der Waals surface area contributed by atoms with Crippen molar-refractivity contribution in [3.05, 3.63) is 53.6 Å². The number of hydrogen-bond donors (Lipinski definition) is 1. The minimum absolute atomic E-state index is 0.0152. The van der Waals surface area contributed by atoms with E-state index in [9.17, 15) is 4.39 Å². The average molecular weight is 315 g/mol. The molecule has 1 atom stereocenters. The van der Waals surface area contributed by atoms with Gasteiger partial charge in [-0.05, 0) is 54.4 Å². The lowest BCUT2D eigenvalue weighted by atomic mass is 9.93. The van der Waals surface area contributed by atoms with Crippen molar-refractivity contribution in [2.24, 2.45) is 18.4 Å². The summed E-state index contributed by atoms with van der Waals surface area (Å²) in [4.78, 5) is 0. The van der Waals surface area contributed by atoms with E-state index in [2.05, 4.69) is 24.3 Å². The molecule has 1 aromatic carbocycles. The van der Waals surface area contributed by atoms with Gasteiger partial charge in [-0.2, -0.15) is 5.10 Å². The molecule has 23 heavy (non-hydrogen) atoms. The summed E-state index contributed by atoms with van der Waals surface area (Å²) in [5.74, 6) is 0.519. The van der Waals surface area contributed by atoms with Gasteiger partial charge < -0.3 is 5.32 Å². The molecule has 124 valence electrons. The van der Waals surface area contributed by atoms with Crippen LogP contribution >= 0.6 is 0 Å². The van der Waals surface area contributed by atoms with Crippen LogP contribution in [-0.2, 0) is 7.05 Å². The average Bonchev–Trinajstić information content (AvgIpc) is 3.11. The summed E-state index contributed by atoms with van der Waals surface area (Å²) >= 11 is 0. The van der Waals surface area contributed by atoms with Gasteiger partial charge in [-0.15, -0.1) is 0 Å². The summed E-state index contributed by atoms with van der Waals surface area (Å²) in [6.45, 7) is 5.57. The normalized spacial score (nSPS) is 17.4. The van der Waals surface area contributed by atoms with Crippen LogP contribution in [0.5, 0.6) is 0 Å². The first kappa shape index (κ1) is 16.2. The lowest BCUT2D eigenvalue weighted by molar-refractivity contribution is 0.355. The van der Waals surface area contributed by atoms with Crippen molar-refractivity contribution in [3.8, 4) is 0 Å². The molecule has 0 aliphatic heterocycles. The molecule has 4 heteroatoms. The van der Waals surface area contributed by atoms with Gasteiger partial charge in [0.25, 0.3) is 0 Å². The molecule has 1 saturated carbocycles. The minimum atomic E-state index is -0.202. The SMILES string of the molecule is CC(C)CC1(CNC(c2ccc(F)cc2)c2ccn(C)n2)CC1. The number of rotatable bonds is 7. The highest BCUT2D eigenvalue weighted by atomic mass is 19.1. The molecule has 0 radical (unpaired) electrons. The molecule has 0 amide bonds. The maximum Gasteiger partial charge on any atom is 0.123 e. The molecule has 3 nitrogen and oxygen atoms in total. The van der Waals surface area contributed by atoms with E-state index in [-0.39, 0.29) is 11.9 Å². The van der Waals surface area contributed by atoms with Gasteiger partial charge in [0.1, 0.15) is 5.82 Å². The van der Waals surface area contributed by atoms with Crippen LogP contribution < -0.4 is 5.32 Å². The Bertz CT molecular complexity index is 641. The second kappa shape index (κ2) is 6.44. The molecule has 1 aliphatic carbocycles. The highest BCUT2D eigenvalue weighted by Crippen LogP contribution is 2.50. The first-order chi connectivity index (χ1) is 11.0. The summed E-state index contributed by atoms with van der Waals surface area (Å²) in [6.07, 6.45) is 5.82. The first-order valence-corrected chi connectivity index (χ1v) is 8.46. The zero-order chi connectivity index (χ0) is 16.4. The molecule has 1 fully saturated rings. The van der Waals surface area contributed by atoms with Crippen LogP contribution in [0.1, 0.15) is 50.4 Å². The van der Waals surface area contributed by atoms with Crippen LogP contribution in [0.4, 0.5) is 4.39 Å². The van der Waals surface area contributed by atoms with Gasteiger partial charge >= 0.3 is 0 Å². The Balaban J connectivity index is 1.77. The van der Waals surface area contributed by atoms with E-state index >= 15 is 0 Å². The molecular weight excluding hydrogens is 289 g/mol. The van der Waals surface area contributed by atoms with Gasteiger partial charge in [0.05, 0.1) is 11.7 Å². The third kappa shape index (κ3) is 3.99. The second-order valence-electron chi connectivity index (χ2n) is 7.38. The highest BCUT2D eigenvalue weighted by Gasteiger charge is 2.42. The topological polar surface area (TPSA) is 29.9 Å². The fourth-order valence-corrected chi connectivity index (χ4v) is 3.45. The predicted octanol–water partition coefficient (Wildman–Crippen LogP) is 4.06. The predicted molar refractivity (Wildman–Crippen MR) is 90.6 cm³/mol. The smallest absolute Gasteiger partial charge is 0.123 e. The Labute approximate surface area is 137 Å². The summed E-state index contributed by atoms with van der Waals surface area (Å²) in [5.41, 5.74) is 2.49. The lowest BCUT2D eigenvalue weighted by Crippen LogP contribution is -2.30. The fourth-order valence-electron chi connectivity index (χ4n) is 3.45. The van der Waals surface area contributed by atoms with Gasteiger partial charge in [-0.3, -0.25) is 4.68 Å². The van der Waals surface area contributed by atoms with Crippen molar-refractivity contribution in [2.75, 3.05) is 6.54 Å². The summed E-state index contributed by atoms with van der Waals surface area (Å²) in [7, 11) is 1.92. The largest absolute Gasteiger partial charge is 0.304 e. The lowest BCUT2D eigenvalue weighted by Gasteiger charge is -2.23. The van der Waals surface area contributed by atoms with Crippen LogP contribution in [0, 0.1) is 17.2 Å². The van der Waals surface area contributed by atoms with E-state index in [0.717, 1.165) is 23.7 Å². The van der Waals surface area contributed by atoms with Gasteiger partial charge in [-0.1, -0.05) is 26.0 Å². The maximum atomic E-state index is 13.2. The van der Waals surface area contributed by atoms with Crippen molar-refractivity contribution < 1.29 is 4.39 Å². The number of aromatic nitrogens is 2. The number of benzene rings is 1. The van der Waals surface area contributed by atoms with Gasteiger partial charge in [0.15, 0.2) is 0 Å². The van der Waals surface area contributed by atoms with E-state index in [1.54, 1.807) is 0 Å². The molecule has 0 bridgehead atoms. The Kier molecular flexibility index (Phi) is 4.53. The van der Waals surface area contributed by atoms with Crippen LogP contribution in [0.15, 0.2) is 36.5 Å². The van der Waals surface area contributed by atoms with E-state index in [1.165, 1.54) is 31.4 Å². The third-order valence-corrected chi connectivity index (χ3v) is 4.71. The number of nitrogens with zero attached hydrogens (tertiary/aromatic N) is 2. The summed E-state index contributed by atoms with van der Waals surface area (Å²) in [5, 5.41) is 8.25. The quantitative estimate of drug-likeness (QED) is 0.835. The van der Waals surface area contributed by atoms with Crippen LogP contribution in [0.2, 0.25) is 0 Å². The molecular formula is C19H26FN3. The molecule has 1 heterocycles. The minimum Gasteiger partial charge on any atom is -0.304 e. The van der Waals surface area contributed by atoms with Crippen LogP contribution in [0.3, 0.4) is 0 Å². The molecule has 1 aliphatic rings. The third-order valence-electron chi connectivity index (χ3n) is 4.71. The molecule has 2 aromatic rings. The zero-order valence-corrected chi connectivity index (χ0v) is 14.2. The van der Waals surface area contributed by atoms with Crippen LogP contribution in [-0.4, -0.2) is 16.3 Å². The van der Waals surface area contributed by atoms with Crippen LogP contribution in [0.25, 0.3) is 0 Å². The Morgan fingerprint density at radius 3 is 2.43 bits per heavy atom. The van der Waals surface area contributed by atoms with E-state index < -0.39 is 0 Å². The number of nitrogens with one attached hydrogen (secondary N) is 1. The standard InChI is InChI=1S/C19H26FN3/c1-14(2)12-19(9-10-19)13-21-18(17-8-11-23(3)22-17)15-4-6-16(20)7-5-15/h4-8,11,14,18,21H,9-10,12-13H2,1-3H3. The summed E-state index contributed by atoms with van der Waals surface area (Å²) < 4.78 is 15.1. The summed E-state index contributed by atoms with van der Waals surface area (Å²) in [6, 6.07) is 8.79. The van der Waals surface area contributed by atoms with Crippen molar-refractivity contribution >= 4 is 0 Å². The van der Waals surface area contributed by atoms with Gasteiger partial charge in [0.2, 0.25) is 0 Å². The molecule has 0 spiro atoms. The number of aryl methyl sites for hydroxylation is 1. The number of halogens is 1. The monoisotopic (exact) mass is 315 g/mol. The van der Waals surface area contributed by atoms with E-state index in [0.29, 0.717) is 5.41 Å². The van der Waals surface area contributed by atoms with Crippen molar-refractivity contribution in [2.45, 2.75) is 39.2 Å². The maximum absolute atomic E-state index is 13.2. The highest BCUT2D eigenvalue weighted by molar-refractivity contribution is 5.27. The molecule has 1 aromatic heterocycles. The molecule has 1 N–H and O–H groups in total. The number of hydrogen-bond acceptors (Lipinski definition) is 2.